The Hall–Kier alpha value is -4.52. The Balaban J connectivity index is 1.34. The third-order valence-electron chi connectivity index (χ3n) is 5.62. The number of nitrogens with one attached hydrogen (secondary N) is 3. The zero-order chi connectivity index (χ0) is 27.7. The van der Waals surface area contributed by atoms with E-state index < -0.39 is 29.3 Å². The lowest BCUT2D eigenvalue weighted by atomic mass is 10.1. The zero-order valence-electron chi connectivity index (χ0n) is 20.0. The van der Waals surface area contributed by atoms with Crippen LogP contribution in [0.1, 0.15) is 5.56 Å². The highest BCUT2D eigenvalue weighted by Crippen LogP contribution is 2.47. The van der Waals surface area contributed by atoms with Gasteiger partial charge < -0.3 is 30.2 Å². The van der Waals surface area contributed by atoms with Gasteiger partial charge in [0.2, 0.25) is 5.75 Å². The third-order valence-corrected chi connectivity index (χ3v) is 5.93. The van der Waals surface area contributed by atoms with Crippen LogP contribution in [0.5, 0.6) is 17.2 Å². The van der Waals surface area contributed by atoms with E-state index in [1.165, 1.54) is 25.6 Å². The van der Waals surface area contributed by atoms with Gasteiger partial charge in [0.15, 0.2) is 11.5 Å². The van der Waals surface area contributed by atoms with Crippen molar-refractivity contribution >= 4 is 51.4 Å². The van der Waals surface area contributed by atoms with Crippen LogP contribution in [0.4, 0.5) is 45.2 Å². The molecule has 0 aliphatic carbocycles. The topological polar surface area (TPSA) is 107 Å². The minimum Gasteiger partial charge on any atom is -0.493 e. The second kappa shape index (κ2) is 10.3. The second-order valence-corrected chi connectivity index (χ2v) is 8.55. The van der Waals surface area contributed by atoms with E-state index >= 15 is 0 Å². The molecule has 1 aliphatic rings. The molecule has 1 aromatic heterocycles. The lowest BCUT2D eigenvalue weighted by molar-refractivity contribution is -0.137. The first-order valence-corrected chi connectivity index (χ1v) is 11.6. The maximum Gasteiger partial charge on any atom is 0.416 e. The number of methoxy groups -OCH3 is 1. The average Bonchev–Trinajstić information content (AvgIpc) is 2.90. The molecule has 202 valence electrons. The fourth-order valence-electron chi connectivity index (χ4n) is 3.86. The van der Waals surface area contributed by atoms with Crippen LogP contribution in [0.25, 0.3) is 10.9 Å². The summed E-state index contributed by atoms with van der Waals surface area (Å²) in [6.07, 6.45) is -3.35. The van der Waals surface area contributed by atoms with Crippen LogP contribution in [0.15, 0.2) is 48.8 Å². The molecular weight excluding hydrogens is 546 g/mol. The number of rotatable bonds is 5. The van der Waals surface area contributed by atoms with Crippen LogP contribution < -0.4 is 30.2 Å². The van der Waals surface area contributed by atoms with Crippen molar-refractivity contribution in [2.75, 3.05) is 36.3 Å². The number of ether oxygens (including phenoxy) is 3. The predicted molar refractivity (Wildman–Crippen MR) is 136 cm³/mol. The summed E-state index contributed by atoms with van der Waals surface area (Å²) in [5.41, 5.74) is -0.395. The maximum atomic E-state index is 14.1. The first-order chi connectivity index (χ1) is 18.6. The number of carbonyl (C=O) groups excluding carboxylic acids is 1. The molecule has 0 saturated carbocycles. The van der Waals surface area contributed by atoms with Crippen molar-refractivity contribution in [2.24, 2.45) is 0 Å². The number of alkyl halides is 3. The van der Waals surface area contributed by atoms with Gasteiger partial charge in [0, 0.05) is 11.8 Å². The number of benzene rings is 3. The number of halogens is 5. The fraction of sp³-hybridized carbons (Fsp3) is 0.160. The summed E-state index contributed by atoms with van der Waals surface area (Å²) >= 11 is 6.34. The summed E-state index contributed by atoms with van der Waals surface area (Å²) in [6, 6.07) is 7.16. The van der Waals surface area contributed by atoms with Crippen LogP contribution in [0, 0.1) is 5.82 Å². The van der Waals surface area contributed by atoms with Crippen molar-refractivity contribution in [3.05, 3.63) is 65.2 Å². The number of hydrogen-bond donors (Lipinski definition) is 3. The predicted octanol–water partition coefficient (Wildman–Crippen LogP) is 6.61. The van der Waals surface area contributed by atoms with Gasteiger partial charge in [0.05, 0.1) is 40.0 Å². The quantitative estimate of drug-likeness (QED) is 0.235. The summed E-state index contributed by atoms with van der Waals surface area (Å²) in [6.45, 7) is 0.683. The molecule has 3 aromatic carbocycles. The van der Waals surface area contributed by atoms with Gasteiger partial charge in [-0.05, 0) is 36.4 Å². The van der Waals surface area contributed by atoms with E-state index in [1.54, 1.807) is 12.1 Å². The fourth-order valence-corrected chi connectivity index (χ4v) is 4.08. The molecule has 9 nitrogen and oxygen atoms in total. The molecule has 0 fully saturated rings. The van der Waals surface area contributed by atoms with Crippen LogP contribution in [-0.4, -0.2) is 36.3 Å². The van der Waals surface area contributed by atoms with Crippen molar-refractivity contribution in [1.29, 1.82) is 0 Å². The highest BCUT2D eigenvalue weighted by atomic mass is 35.5. The van der Waals surface area contributed by atoms with Gasteiger partial charge in [-0.1, -0.05) is 11.6 Å². The average molecular weight is 564 g/mol. The molecular formula is C25H18ClF4N5O4. The molecule has 39 heavy (non-hydrogen) atoms. The van der Waals surface area contributed by atoms with Gasteiger partial charge in [-0.15, -0.1) is 0 Å². The molecule has 2 amide bonds. The van der Waals surface area contributed by atoms with E-state index in [1.807, 2.05) is 0 Å². The minimum atomic E-state index is -4.71. The minimum absolute atomic E-state index is 0.115. The molecule has 14 heteroatoms. The summed E-state index contributed by atoms with van der Waals surface area (Å²) in [5.74, 6) is 0.487. The highest BCUT2D eigenvalue weighted by Gasteiger charge is 2.31. The van der Waals surface area contributed by atoms with E-state index in [2.05, 4.69) is 25.9 Å². The molecule has 1 aliphatic heterocycles. The first kappa shape index (κ1) is 26.1. The molecule has 4 aromatic rings. The first-order valence-electron chi connectivity index (χ1n) is 11.3. The smallest absolute Gasteiger partial charge is 0.416 e. The summed E-state index contributed by atoms with van der Waals surface area (Å²) < 4.78 is 69.2. The summed E-state index contributed by atoms with van der Waals surface area (Å²) in [7, 11) is 1.51. The Morgan fingerprint density at radius 2 is 1.72 bits per heavy atom. The van der Waals surface area contributed by atoms with E-state index in [0.29, 0.717) is 65.0 Å². The van der Waals surface area contributed by atoms with Crippen molar-refractivity contribution in [2.45, 2.75) is 6.18 Å². The van der Waals surface area contributed by atoms with Crippen molar-refractivity contribution in [3.8, 4) is 17.2 Å². The number of fused-ring (bicyclic) bond motifs is 3. The molecule has 0 radical (unpaired) electrons. The monoisotopic (exact) mass is 563 g/mol. The second-order valence-electron chi connectivity index (χ2n) is 8.14. The van der Waals surface area contributed by atoms with E-state index in [9.17, 15) is 22.4 Å². The largest absolute Gasteiger partial charge is 0.493 e. The Morgan fingerprint density at radius 1 is 1.00 bits per heavy atom. The Morgan fingerprint density at radius 3 is 2.41 bits per heavy atom. The molecule has 0 unspecified atom stereocenters. The van der Waals surface area contributed by atoms with Crippen molar-refractivity contribution in [3.63, 3.8) is 0 Å². The van der Waals surface area contributed by atoms with Gasteiger partial charge >= 0.3 is 12.2 Å². The van der Waals surface area contributed by atoms with Gasteiger partial charge in [-0.3, -0.25) is 0 Å². The van der Waals surface area contributed by atoms with E-state index in [4.69, 9.17) is 25.8 Å². The number of nitrogens with zero attached hydrogens (tertiary/aromatic N) is 2. The standard InChI is InChI=1S/C25H18ClF4N5O4/c1-37-19-10-18-20(22-21(19)38-6-7-39-22)23(32-11-31-18)33-13-3-5-16(14(26)9-13)34-24(36)35-17-4-2-12(8-15(17)27)25(28,29)30/h2-5,8-11H,6-7H2,1H3,(H,31,32,33)(H2,34,35,36). The highest BCUT2D eigenvalue weighted by molar-refractivity contribution is 6.34. The molecule has 5 rings (SSSR count). The molecule has 3 N–H and O–H groups in total. The van der Waals surface area contributed by atoms with Gasteiger partial charge in [0.25, 0.3) is 0 Å². The Kier molecular flexibility index (Phi) is 6.91. The van der Waals surface area contributed by atoms with Crippen molar-refractivity contribution in [1.82, 2.24) is 9.97 Å². The summed E-state index contributed by atoms with van der Waals surface area (Å²) in [4.78, 5) is 20.9. The SMILES string of the molecule is COc1cc2ncnc(Nc3ccc(NC(=O)Nc4ccc(C(F)(F)F)cc4F)c(Cl)c3)c2c2c1OCCO2. The molecule has 0 bridgehead atoms. The van der Waals surface area contributed by atoms with Crippen molar-refractivity contribution < 1.29 is 36.6 Å². The zero-order valence-corrected chi connectivity index (χ0v) is 20.7. The number of carbonyl (C=O) groups is 1. The third kappa shape index (κ3) is 5.39. The van der Waals surface area contributed by atoms with E-state index in [0.717, 1.165) is 6.07 Å². The number of anilines is 4. The number of amides is 2. The Labute approximate surface area is 223 Å². The molecule has 2 heterocycles. The lowest BCUT2D eigenvalue weighted by Gasteiger charge is -2.23. The number of aromatic nitrogens is 2. The maximum absolute atomic E-state index is 14.1. The molecule has 0 saturated heterocycles. The van der Waals surface area contributed by atoms with Crippen LogP contribution in [0.2, 0.25) is 5.02 Å². The summed E-state index contributed by atoms with van der Waals surface area (Å²) in [5, 5.41) is 8.40. The number of hydrogen-bond acceptors (Lipinski definition) is 7. The van der Waals surface area contributed by atoms with Crippen LogP contribution in [0.3, 0.4) is 0 Å². The number of urea groups is 1. The van der Waals surface area contributed by atoms with Crippen LogP contribution in [-0.2, 0) is 6.18 Å². The van der Waals surface area contributed by atoms with Crippen LogP contribution >= 0.6 is 11.6 Å². The Bertz CT molecular complexity index is 1580. The van der Waals surface area contributed by atoms with Gasteiger partial charge in [-0.2, -0.15) is 13.2 Å². The molecule has 0 atom stereocenters. The van der Waals surface area contributed by atoms with E-state index in [-0.39, 0.29) is 10.7 Å². The van der Waals surface area contributed by atoms with Gasteiger partial charge in [0.1, 0.15) is 31.2 Å². The normalized spacial score (nSPS) is 12.7. The molecule has 0 spiro atoms. The lowest BCUT2D eigenvalue weighted by Crippen LogP contribution is -2.20. The van der Waals surface area contributed by atoms with Gasteiger partial charge in [-0.25, -0.2) is 19.2 Å².